The smallest absolute Gasteiger partial charge is 0.387 e. The van der Waals surface area contributed by atoms with Crippen LogP contribution in [0.5, 0.6) is 5.75 Å². The molecule has 98 valence electrons. The van der Waals surface area contributed by atoms with Crippen molar-refractivity contribution in [2.24, 2.45) is 0 Å². The number of hydrogen-bond acceptors (Lipinski definition) is 4. The molecule has 8 heteroatoms. The SMILES string of the molecule is CCc1ccc(C#N)c(S(=O)(=O)Cl)c1OC(F)F. The van der Waals surface area contributed by atoms with Crippen molar-refractivity contribution < 1.29 is 21.9 Å². The number of nitrogens with zero attached hydrogens (tertiary/aromatic N) is 1. The zero-order valence-corrected chi connectivity index (χ0v) is 10.7. The van der Waals surface area contributed by atoms with E-state index in [0.29, 0.717) is 0 Å². The van der Waals surface area contributed by atoms with E-state index in [9.17, 15) is 17.2 Å². The molecule has 0 aliphatic carbocycles. The zero-order valence-electron chi connectivity index (χ0n) is 9.15. The fourth-order valence-corrected chi connectivity index (χ4v) is 2.67. The Morgan fingerprint density at radius 2 is 2.11 bits per heavy atom. The lowest BCUT2D eigenvalue weighted by molar-refractivity contribution is -0.0523. The van der Waals surface area contributed by atoms with Crippen LogP contribution < -0.4 is 4.74 Å². The van der Waals surface area contributed by atoms with Crippen LogP contribution in [0.1, 0.15) is 18.1 Å². The number of alkyl halides is 2. The molecule has 0 fully saturated rings. The Hall–Kier alpha value is -1.39. The molecule has 1 aromatic rings. The third kappa shape index (κ3) is 3.09. The van der Waals surface area contributed by atoms with Crippen LogP contribution in [0.4, 0.5) is 8.78 Å². The van der Waals surface area contributed by atoms with Crippen LogP contribution in [0, 0.1) is 11.3 Å². The number of halogens is 3. The Labute approximate surface area is 107 Å². The van der Waals surface area contributed by atoms with Crippen molar-refractivity contribution in [1.29, 1.82) is 5.26 Å². The first-order chi connectivity index (χ1) is 8.31. The fraction of sp³-hybridized carbons (Fsp3) is 0.300. The van der Waals surface area contributed by atoms with Crippen molar-refractivity contribution in [3.05, 3.63) is 23.3 Å². The highest BCUT2D eigenvalue weighted by Crippen LogP contribution is 2.35. The Kier molecular flexibility index (Phi) is 4.48. The lowest BCUT2D eigenvalue weighted by Gasteiger charge is -2.13. The van der Waals surface area contributed by atoms with Gasteiger partial charge in [-0.15, -0.1) is 0 Å². The highest BCUT2D eigenvalue weighted by molar-refractivity contribution is 8.13. The summed E-state index contributed by atoms with van der Waals surface area (Å²) in [5, 5.41) is 8.79. The molecule has 0 N–H and O–H groups in total. The standard InChI is InChI=1S/C10H8ClF2NO3S/c1-2-6-3-4-7(5-14)9(18(11,15)16)8(6)17-10(12)13/h3-4,10H,2H2,1H3. The summed E-state index contributed by atoms with van der Waals surface area (Å²) in [7, 11) is 0.793. The molecule has 1 rings (SSSR count). The lowest BCUT2D eigenvalue weighted by Crippen LogP contribution is -2.09. The minimum atomic E-state index is -4.36. The summed E-state index contributed by atoms with van der Waals surface area (Å²) in [4.78, 5) is -0.716. The normalized spacial score (nSPS) is 11.3. The third-order valence-electron chi connectivity index (χ3n) is 2.15. The number of ether oxygens (including phenoxy) is 1. The number of aryl methyl sites for hydroxylation is 1. The molecule has 0 saturated carbocycles. The summed E-state index contributed by atoms with van der Waals surface area (Å²) in [5.74, 6) is -0.568. The molecule has 0 aliphatic heterocycles. The second-order valence-corrected chi connectivity index (χ2v) is 5.71. The van der Waals surface area contributed by atoms with Crippen LogP contribution in [-0.4, -0.2) is 15.0 Å². The van der Waals surface area contributed by atoms with Gasteiger partial charge in [-0.1, -0.05) is 13.0 Å². The molecule has 1 aromatic carbocycles. The number of rotatable bonds is 4. The summed E-state index contributed by atoms with van der Waals surface area (Å²) in [5.41, 5.74) is -0.105. The molecule has 0 bridgehead atoms. The van der Waals surface area contributed by atoms with Gasteiger partial charge < -0.3 is 4.74 Å². The Morgan fingerprint density at radius 1 is 1.50 bits per heavy atom. The molecule has 0 amide bonds. The first kappa shape index (κ1) is 14.7. The maximum Gasteiger partial charge on any atom is 0.387 e. The molecule has 0 aromatic heterocycles. The second-order valence-electron chi connectivity index (χ2n) is 3.21. The second kappa shape index (κ2) is 5.50. The van der Waals surface area contributed by atoms with E-state index in [2.05, 4.69) is 4.74 Å². The maximum atomic E-state index is 12.3. The van der Waals surface area contributed by atoms with Gasteiger partial charge in [-0.05, 0) is 18.1 Å². The predicted molar refractivity (Wildman–Crippen MR) is 60.2 cm³/mol. The molecular weight excluding hydrogens is 288 g/mol. The van der Waals surface area contributed by atoms with Crippen LogP contribution in [0.3, 0.4) is 0 Å². The average Bonchev–Trinajstić information content (AvgIpc) is 2.25. The van der Waals surface area contributed by atoms with Crippen molar-refractivity contribution in [3.63, 3.8) is 0 Å². The Balaban J connectivity index is 3.66. The van der Waals surface area contributed by atoms with Crippen LogP contribution in [0.25, 0.3) is 0 Å². The monoisotopic (exact) mass is 295 g/mol. The molecule has 18 heavy (non-hydrogen) atoms. The van der Waals surface area contributed by atoms with Gasteiger partial charge >= 0.3 is 6.61 Å². The van der Waals surface area contributed by atoms with Gasteiger partial charge in [-0.3, -0.25) is 0 Å². The highest BCUT2D eigenvalue weighted by atomic mass is 35.7. The zero-order chi connectivity index (χ0) is 13.9. The van der Waals surface area contributed by atoms with E-state index in [1.807, 2.05) is 0 Å². The molecule has 0 heterocycles. The van der Waals surface area contributed by atoms with Crippen molar-refractivity contribution in [2.75, 3.05) is 0 Å². The van der Waals surface area contributed by atoms with Crippen LogP contribution in [-0.2, 0) is 15.5 Å². The predicted octanol–water partition coefficient (Wildman–Crippen LogP) is 2.65. The van der Waals surface area contributed by atoms with Gasteiger partial charge in [0.25, 0.3) is 9.05 Å². The van der Waals surface area contributed by atoms with Gasteiger partial charge in [-0.2, -0.15) is 14.0 Å². The molecular formula is C10H8ClF2NO3S. The van der Waals surface area contributed by atoms with E-state index in [-0.39, 0.29) is 17.5 Å². The Morgan fingerprint density at radius 3 is 2.50 bits per heavy atom. The summed E-state index contributed by atoms with van der Waals surface area (Å²) >= 11 is 0. The van der Waals surface area contributed by atoms with E-state index < -0.39 is 26.3 Å². The molecule has 0 spiro atoms. The summed E-state index contributed by atoms with van der Waals surface area (Å²) in [6.07, 6.45) is 0.257. The van der Waals surface area contributed by atoms with Gasteiger partial charge in [0.05, 0.1) is 5.56 Å². The quantitative estimate of drug-likeness (QED) is 0.801. The van der Waals surface area contributed by atoms with E-state index in [0.717, 1.165) is 0 Å². The van der Waals surface area contributed by atoms with E-state index in [1.165, 1.54) is 12.1 Å². The number of hydrogen-bond donors (Lipinski definition) is 0. The third-order valence-corrected chi connectivity index (χ3v) is 3.50. The van der Waals surface area contributed by atoms with Crippen molar-refractivity contribution in [3.8, 4) is 11.8 Å². The van der Waals surface area contributed by atoms with Crippen molar-refractivity contribution in [1.82, 2.24) is 0 Å². The van der Waals surface area contributed by atoms with Crippen molar-refractivity contribution >= 4 is 19.7 Å². The van der Waals surface area contributed by atoms with Gasteiger partial charge in [0.15, 0.2) is 5.75 Å². The summed E-state index contributed by atoms with van der Waals surface area (Å²) in [6, 6.07) is 4.13. The highest BCUT2D eigenvalue weighted by Gasteiger charge is 2.26. The number of nitriles is 1. The van der Waals surface area contributed by atoms with Gasteiger partial charge in [0.2, 0.25) is 0 Å². The maximum absolute atomic E-state index is 12.3. The van der Waals surface area contributed by atoms with Crippen molar-refractivity contribution in [2.45, 2.75) is 24.9 Å². The van der Waals surface area contributed by atoms with Crippen LogP contribution in [0.2, 0.25) is 0 Å². The topological polar surface area (TPSA) is 67.2 Å². The molecule has 0 unspecified atom stereocenters. The van der Waals surface area contributed by atoms with E-state index >= 15 is 0 Å². The Bertz CT molecular complexity index is 596. The minimum Gasteiger partial charge on any atom is -0.433 e. The van der Waals surface area contributed by atoms with E-state index in [4.69, 9.17) is 15.9 Å². The van der Waals surface area contributed by atoms with Gasteiger partial charge in [-0.25, -0.2) is 8.42 Å². The fourth-order valence-electron chi connectivity index (χ4n) is 1.43. The molecule has 4 nitrogen and oxygen atoms in total. The van der Waals surface area contributed by atoms with E-state index in [1.54, 1.807) is 13.0 Å². The molecule has 0 saturated heterocycles. The number of benzene rings is 1. The molecule has 0 aliphatic rings. The summed E-state index contributed by atoms with van der Waals surface area (Å²) < 4.78 is 51.5. The molecule has 0 atom stereocenters. The first-order valence-corrected chi connectivity index (χ1v) is 7.07. The molecule has 0 radical (unpaired) electrons. The minimum absolute atomic E-state index is 0.230. The van der Waals surface area contributed by atoms with Gasteiger partial charge in [0.1, 0.15) is 11.0 Å². The van der Waals surface area contributed by atoms with Crippen LogP contribution in [0.15, 0.2) is 17.0 Å². The first-order valence-electron chi connectivity index (χ1n) is 4.76. The van der Waals surface area contributed by atoms with Crippen LogP contribution >= 0.6 is 10.7 Å². The summed E-state index contributed by atoms with van der Waals surface area (Å²) in [6.45, 7) is -1.58. The largest absolute Gasteiger partial charge is 0.433 e. The lowest BCUT2D eigenvalue weighted by atomic mass is 10.1. The van der Waals surface area contributed by atoms with Gasteiger partial charge in [0, 0.05) is 10.7 Å². The average molecular weight is 296 g/mol.